The van der Waals surface area contributed by atoms with Gasteiger partial charge in [-0.2, -0.15) is 0 Å². The highest BCUT2D eigenvalue weighted by molar-refractivity contribution is 7.17. The molecule has 0 atom stereocenters. The van der Waals surface area contributed by atoms with Crippen LogP contribution in [0.15, 0.2) is 35.1 Å². The molecule has 0 aliphatic heterocycles. The van der Waals surface area contributed by atoms with Crippen LogP contribution in [0.1, 0.15) is 26.8 Å². The summed E-state index contributed by atoms with van der Waals surface area (Å²) in [6.07, 6.45) is 6.82. The van der Waals surface area contributed by atoms with Gasteiger partial charge in [-0.05, 0) is 38.1 Å². The second kappa shape index (κ2) is 4.51. The van der Waals surface area contributed by atoms with Crippen molar-refractivity contribution in [2.45, 2.75) is 13.8 Å². The molecule has 0 unspecified atom stereocenters. The van der Waals surface area contributed by atoms with Gasteiger partial charge in [-0.1, -0.05) is 0 Å². The van der Waals surface area contributed by atoms with Crippen LogP contribution in [0.5, 0.6) is 0 Å². The van der Waals surface area contributed by atoms with Gasteiger partial charge in [0.25, 0.3) is 0 Å². The van der Waals surface area contributed by atoms with E-state index in [9.17, 15) is 4.79 Å². The summed E-state index contributed by atoms with van der Waals surface area (Å²) in [6.45, 7) is 3.97. The third-order valence-electron chi connectivity index (χ3n) is 2.82. The summed E-state index contributed by atoms with van der Waals surface area (Å²) in [5.41, 5.74) is 1.84. The summed E-state index contributed by atoms with van der Waals surface area (Å²) < 4.78 is 7.07. The number of aromatic nitrogens is 2. The lowest BCUT2D eigenvalue weighted by Crippen LogP contribution is -1.92. The van der Waals surface area contributed by atoms with E-state index < -0.39 is 0 Å². The largest absolute Gasteiger partial charge is 0.461 e. The Kier molecular flexibility index (Phi) is 2.83. The van der Waals surface area contributed by atoms with E-state index in [0.29, 0.717) is 5.76 Å². The quantitative estimate of drug-likeness (QED) is 0.541. The van der Waals surface area contributed by atoms with Gasteiger partial charge in [0, 0.05) is 11.1 Å². The Morgan fingerprint density at radius 3 is 3.05 bits per heavy atom. The van der Waals surface area contributed by atoms with Crippen molar-refractivity contribution < 1.29 is 9.21 Å². The first kappa shape index (κ1) is 11.9. The van der Waals surface area contributed by atoms with Crippen LogP contribution in [0.3, 0.4) is 0 Å². The van der Waals surface area contributed by atoms with Crippen LogP contribution in [-0.4, -0.2) is 15.2 Å². The number of ketones is 1. The average Bonchev–Trinajstić information content (AvgIpc) is 3.03. The van der Waals surface area contributed by atoms with Gasteiger partial charge in [0.1, 0.15) is 0 Å². The molecule has 0 saturated heterocycles. The molecule has 0 spiro atoms. The number of rotatable bonds is 3. The molecule has 0 radical (unpaired) electrons. The minimum absolute atomic E-state index is 0.147. The first-order chi connectivity index (χ1) is 9.15. The predicted molar refractivity (Wildman–Crippen MR) is 74.6 cm³/mol. The summed E-state index contributed by atoms with van der Waals surface area (Å²) in [5.74, 6) is 0.197. The van der Waals surface area contributed by atoms with Gasteiger partial charge in [0.15, 0.2) is 10.7 Å². The zero-order valence-electron chi connectivity index (χ0n) is 10.6. The minimum Gasteiger partial charge on any atom is -0.461 e. The molecule has 0 fully saturated rings. The molecule has 0 aromatic carbocycles. The van der Waals surface area contributed by atoms with Gasteiger partial charge in [0.05, 0.1) is 17.7 Å². The van der Waals surface area contributed by atoms with Gasteiger partial charge in [-0.15, -0.1) is 11.3 Å². The van der Waals surface area contributed by atoms with Gasteiger partial charge in [-0.25, -0.2) is 4.98 Å². The zero-order valence-corrected chi connectivity index (χ0v) is 11.4. The van der Waals surface area contributed by atoms with Crippen LogP contribution in [0.2, 0.25) is 0 Å². The van der Waals surface area contributed by atoms with Gasteiger partial charge in [0.2, 0.25) is 5.78 Å². The SMILES string of the molecule is Cc1cn2c(/C=C/C(=O)c3ccco3)c(C)nc2s1. The third kappa shape index (κ3) is 2.13. The molecule has 0 bridgehead atoms. The van der Waals surface area contributed by atoms with Gasteiger partial charge < -0.3 is 4.42 Å². The molecule has 0 aliphatic rings. The molecule has 0 saturated carbocycles. The fourth-order valence-corrected chi connectivity index (χ4v) is 2.82. The molecule has 3 heterocycles. The first-order valence-corrected chi connectivity index (χ1v) is 6.68. The van der Waals surface area contributed by atoms with E-state index in [4.69, 9.17) is 4.42 Å². The highest BCUT2D eigenvalue weighted by atomic mass is 32.1. The van der Waals surface area contributed by atoms with E-state index >= 15 is 0 Å². The number of hydrogen-bond acceptors (Lipinski definition) is 4. The molecule has 19 heavy (non-hydrogen) atoms. The number of thiazole rings is 1. The minimum atomic E-state index is -0.147. The zero-order chi connectivity index (χ0) is 13.4. The first-order valence-electron chi connectivity index (χ1n) is 5.86. The average molecular weight is 272 g/mol. The highest BCUT2D eigenvalue weighted by Gasteiger charge is 2.10. The molecule has 3 rings (SSSR count). The van der Waals surface area contributed by atoms with E-state index in [1.165, 1.54) is 17.2 Å². The Balaban J connectivity index is 1.96. The second-order valence-corrected chi connectivity index (χ2v) is 5.46. The fraction of sp³-hybridized carbons (Fsp3) is 0.143. The molecule has 0 N–H and O–H groups in total. The van der Waals surface area contributed by atoms with Crippen LogP contribution >= 0.6 is 11.3 Å². The monoisotopic (exact) mass is 272 g/mol. The van der Waals surface area contributed by atoms with Crippen molar-refractivity contribution in [1.29, 1.82) is 0 Å². The van der Waals surface area contributed by atoms with Crippen LogP contribution in [-0.2, 0) is 0 Å². The maximum absolute atomic E-state index is 11.8. The van der Waals surface area contributed by atoms with E-state index in [0.717, 1.165) is 16.3 Å². The van der Waals surface area contributed by atoms with E-state index in [2.05, 4.69) is 4.98 Å². The molecule has 3 aromatic heterocycles. The van der Waals surface area contributed by atoms with E-state index in [1.807, 2.05) is 24.4 Å². The molecule has 0 amide bonds. The number of aryl methyl sites for hydroxylation is 2. The van der Waals surface area contributed by atoms with Crippen molar-refractivity contribution in [3.8, 4) is 0 Å². The van der Waals surface area contributed by atoms with Crippen LogP contribution in [0.4, 0.5) is 0 Å². The second-order valence-electron chi connectivity index (χ2n) is 4.25. The number of fused-ring (bicyclic) bond motifs is 1. The van der Waals surface area contributed by atoms with Crippen molar-refractivity contribution in [3.05, 3.63) is 52.7 Å². The van der Waals surface area contributed by atoms with Crippen LogP contribution in [0, 0.1) is 13.8 Å². The van der Waals surface area contributed by atoms with Crippen LogP contribution < -0.4 is 0 Å². The lowest BCUT2D eigenvalue weighted by molar-refractivity contribution is 0.102. The van der Waals surface area contributed by atoms with E-state index in [-0.39, 0.29) is 5.78 Å². The molecule has 5 heteroatoms. The Morgan fingerprint density at radius 1 is 1.47 bits per heavy atom. The topological polar surface area (TPSA) is 47.5 Å². The number of carbonyl (C=O) groups excluding carboxylic acids is 1. The smallest absolute Gasteiger partial charge is 0.221 e. The highest BCUT2D eigenvalue weighted by Crippen LogP contribution is 2.21. The predicted octanol–water partition coefficient (Wildman–Crippen LogP) is 3.50. The summed E-state index contributed by atoms with van der Waals surface area (Å²) in [5, 5.41) is 0. The fourth-order valence-electron chi connectivity index (χ4n) is 1.94. The maximum atomic E-state index is 11.8. The number of hydrogen-bond donors (Lipinski definition) is 0. The number of nitrogens with zero attached hydrogens (tertiary/aromatic N) is 2. The maximum Gasteiger partial charge on any atom is 0.221 e. The lowest BCUT2D eigenvalue weighted by atomic mass is 10.2. The lowest BCUT2D eigenvalue weighted by Gasteiger charge is -1.93. The van der Waals surface area contributed by atoms with Crippen LogP contribution in [0.25, 0.3) is 11.0 Å². The molecule has 3 aromatic rings. The summed E-state index contributed by atoms with van der Waals surface area (Å²) in [7, 11) is 0. The molecular formula is C14H12N2O2S. The number of carbonyl (C=O) groups is 1. The van der Waals surface area contributed by atoms with Crippen molar-refractivity contribution in [1.82, 2.24) is 9.38 Å². The number of imidazole rings is 1. The van der Waals surface area contributed by atoms with E-state index in [1.54, 1.807) is 29.5 Å². The number of furan rings is 1. The molecule has 4 nitrogen and oxygen atoms in total. The summed E-state index contributed by atoms with van der Waals surface area (Å²) in [6, 6.07) is 3.35. The Bertz CT molecular complexity index is 763. The van der Waals surface area contributed by atoms with Gasteiger partial charge in [-0.3, -0.25) is 9.20 Å². The third-order valence-corrected chi connectivity index (χ3v) is 3.72. The summed E-state index contributed by atoms with van der Waals surface area (Å²) >= 11 is 1.63. The van der Waals surface area contributed by atoms with Crippen molar-refractivity contribution in [2.75, 3.05) is 0 Å². The normalized spacial score (nSPS) is 11.7. The summed E-state index contributed by atoms with van der Waals surface area (Å²) in [4.78, 5) is 18.4. The number of allylic oxidation sites excluding steroid dienone is 1. The molecule has 96 valence electrons. The van der Waals surface area contributed by atoms with Crippen molar-refractivity contribution >= 4 is 28.2 Å². The Morgan fingerprint density at radius 2 is 2.32 bits per heavy atom. The Labute approximate surface area is 114 Å². The van der Waals surface area contributed by atoms with Crippen molar-refractivity contribution in [2.24, 2.45) is 0 Å². The standard InChI is InChI=1S/C14H12N2O2S/c1-9-8-16-11(10(2)15-14(16)19-9)5-6-12(17)13-4-3-7-18-13/h3-8H,1-2H3/b6-5+. The Hall–Kier alpha value is -2.14. The molecular weight excluding hydrogens is 260 g/mol. The van der Waals surface area contributed by atoms with Crippen molar-refractivity contribution in [3.63, 3.8) is 0 Å². The molecule has 0 aliphatic carbocycles. The van der Waals surface area contributed by atoms with Gasteiger partial charge >= 0.3 is 0 Å².